The van der Waals surface area contributed by atoms with Crippen LogP contribution in [0, 0.1) is 0 Å². The standard InChI is InChI=1S/C16H26N2S/c1-4-19-11-10-18-13-16(3,17-12-14(18)2)15-8-6-5-7-9-15/h5-9,14,17H,4,10-13H2,1-3H3. The van der Waals surface area contributed by atoms with Gasteiger partial charge in [-0.2, -0.15) is 11.8 Å². The van der Waals surface area contributed by atoms with E-state index in [-0.39, 0.29) is 5.54 Å². The van der Waals surface area contributed by atoms with Crippen molar-refractivity contribution >= 4 is 11.8 Å². The summed E-state index contributed by atoms with van der Waals surface area (Å²) in [7, 11) is 0. The highest BCUT2D eigenvalue weighted by atomic mass is 32.2. The molecule has 2 rings (SSSR count). The Balaban J connectivity index is 2.03. The fraction of sp³-hybridized carbons (Fsp3) is 0.625. The molecule has 106 valence electrons. The molecule has 2 atom stereocenters. The maximum Gasteiger partial charge on any atom is 0.0535 e. The van der Waals surface area contributed by atoms with Crippen molar-refractivity contribution in [3.05, 3.63) is 35.9 Å². The van der Waals surface area contributed by atoms with Crippen LogP contribution in [0.3, 0.4) is 0 Å². The zero-order valence-electron chi connectivity index (χ0n) is 12.4. The maximum absolute atomic E-state index is 3.73. The summed E-state index contributed by atoms with van der Waals surface area (Å²) >= 11 is 2.04. The van der Waals surface area contributed by atoms with Gasteiger partial charge in [0.2, 0.25) is 0 Å². The predicted molar refractivity (Wildman–Crippen MR) is 85.8 cm³/mol. The van der Waals surface area contributed by atoms with E-state index >= 15 is 0 Å². The average Bonchev–Trinajstić information content (AvgIpc) is 2.44. The van der Waals surface area contributed by atoms with Crippen LogP contribution in [-0.4, -0.2) is 42.1 Å². The molecule has 0 radical (unpaired) electrons. The van der Waals surface area contributed by atoms with E-state index in [1.807, 2.05) is 11.8 Å². The second-order valence-electron chi connectivity index (χ2n) is 5.60. The average molecular weight is 278 g/mol. The van der Waals surface area contributed by atoms with Crippen molar-refractivity contribution in [2.75, 3.05) is 31.1 Å². The predicted octanol–water partition coefficient (Wildman–Crippen LogP) is 2.95. The zero-order valence-corrected chi connectivity index (χ0v) is 13.2. The Morgan fingerprint density at radius 2 is 2.11 bits per heavy atom. The molecule has 1 aliphatic heterocycles. The summed E-state index contributed by atoms with van der Waals surface area (Å²) < 4.78 is 0. The number of hydrogen-bond donors (Lipinski definition) is 1. The van der Waals surface area contributed by atoms with Crippen LogP contribution in [0.4, 0.5) is 0 Å². The Bertz CT molecular complexity index is 382. The van der Waals surface area contributed by atoms with E-state index < -0.39 is 0 Å². The van der Waals surface area contributed by atoms with Crippen LogP contribution >= 0.6 is 11.8 Å². The molecule has 0 aromatic heterocycles. The van der Waals surface area contributed by atoms with Crippen molar-refractivity contribution in [2.45, 2.75) is 32.4 Å². The normalized spacial score (nSPS) is 28.5. The van der Waals surface area contributed by atoms with Crippen LogP contribution in [0.25, 0.3) is 0 Å². The van der Waals surface area contributed by atoms with E-state index in [1.165, 1.54) is 23.6 Å². The molecule has 2 unspecified atom stereocenters. The molecule has 1 aromatic rings. The molecule has 0 aliphatic carbocycles. The van der Waals surface area contributed by atoms with Crippen LogP contribution in [0.2, 0.25) is 0 Å². The minimum atomic E-state index is 0.0879. The second kappa shape index (κ2) is 6.78. The molecule has 0 spiro atoms. The van der Waals surface area contributed by atoms with Crippen molar-refractivity contribution in [1.29, 1.82) is 0 Å². The van der Waals surface area contributed by atoms with Gasteiger partial charge in [-0.3, -0.25) is 4.90 Å². The summed E-state index contributed by atoms with van der Waals surface area (Å²) in [6, 6.07) is 11.5. The van der Waals surface area contributed by atoms with E-state index in [0.717, 1.165) is 13.1 Å². The Morgan fingerprint density at radius 1 is 1.37 bits per heavy atom. The molecule has 0 bridgehead atoms. The third-order valence-corrected chi connectivity index (χ3v) is 4.95. The molecule has 3 heteroatoms. The maximum atomic E-state index is 3.73. The SMILES string of the molecule is CCSCCN1CC(C)(c2ccccc2)NCC1C. The van der Waals surface area contributed by atoms with E-state index in [1.54, 1.807) is 0 Å². The van der Waals surface area contributed by atoms with Crippen molar-refractivity contribution < 1.29 is 0 Å². The lowest BCUT2D eigenvalue weighted by atomic mass is 9.88. The quantitative estimate of drug-likeness (QED) is 0.834. The number of nitrogens with one attached hydrogen (secondary N) is 1. The van der Waals surface area contributed by atoms with Crippen molar-refractivity contribution in [3.63, 3.8) is 0 Å². The van der Waals surface area contributed by atoms with Gasteiger partial charge in [0, 0.05) is 31.4 Å². The zero-order chi connectivity index (χ0) is 13.7. The van der Waals surface area contributed by atoms with Crippen LogP contribution in [-0.2, 0) is 5.54 Å². The molecule has 1 aromatic carbocycles. The number of thioether (sulfide) groups is 1. The summed E-state index contributed by atoms with van der Waals surface area (Å²) in [6.45, 7) is 10.3. The first-order valence-electron chi connectivity index (χ1n) is 7.28. The van der Waals surface area contributed by atoms with Crippen molar-refractivity contribution in [1.82, 2.24) is 10.2 Å². The Hall–Kier alpha value is -0.510. The first kappa shape index (κ1) is 14.9. The molecule has 0 amide bonds. The van der Waals surface area contributed by atoms with Crippen LogP contribution in [0.15, 0.2) is 30.3 Å². The second-order valence-corrected chi connectivity index (χ2v) is 6.99. The summed E-state index contributed by atoms with van der Waals surface area (Å²) in [5.41, 5.74) is 1.49. The van der Waals surface area contributed by atoms with Crippen molar-refractivity contribution in [2.24, 2.45) is 0 Å². The van der Waals surface area contributed by atoms with Gasteiger partial charge in [-0.25, -0.2) is 0 Å². The fourth-order valence-corrected chi connectivity index (χ4v) is 3.40. The minimum Gasteiger partial charge on any atom is -0.305 e. The molecule has 0 saturated carbocycles. The third-order valence-electron chi connectivity index (χ3n) is 4.07. The molecular weight excluding hydrogens is 252 g/mol. The third kappa shape index (κ3) is 3.74. The Labute approximate surface area is 122 Å². The summed E-state index contributed by atoms with van der Waals surface area (Å²) in [4.78, 5) is 2.63. The number of hydrogen-bond acceptors (Lipinski definition) is 3. The number of piperazine rings is 1. The van der Waals surface area contributed by atoms with Gasteiger partial charge < -0.3 is 5.32 Å². The van der Waals surface area contributed by atoms with Crippen LogP contribution < -0.4 is 5.32 Å². The van der Waals surface area contributed by atoms with Gasteiger partial charge in [0.05, 0.1) is 5.54 Å². The molecule has 2 nitrogen and oxygen atoms in total. The van der Waals surface area contributed by atoms with Gasteiger partial charge in [-0.15, -0.1) is 0 Å². The highest BCUT2D eigenvalue weighted by Gasteiger charge is 2.34. The first-order chi connectivity index (χ1) is 9.15. The van der Waals surface area contributed by atoms with Gasteiger partial charge >= 0.3 is 0 Å². The van der Waals surface area contributed by atoms with Gasteiger partial charge in [-0.1, -0.05) is 37.3 Å². The van der Waals surface area contributed by atoms with E-state index in [0.29, 0.717) is 6.04 Å². The summed E-state index contributed by atoms with van der Waals surface area (Å²) in [5.74, 6) is 2.46. The molecule has 1 heterocycles. The first-order valence-corrected chi connectivity index (χ1v) is 8.43. The molecule has 1 fully saturated rings. The van der Waals surface area contributed by atoms with Crippen molar-refractivity contribution in [3.8, 4) is 0 Å². The van der Waals surface area contributed by atoms with Gasteiger partial charge in [0.1, 0.15) is 0 Å². The lowest BCUT2D eigenvalue weighted by Gasteiger charge is -2.45. The summed E-state index contributed by atoms with van der Waals surface area (Å²) in [6.07, 6.45) is 0. The van der Waals surface area contributed by atoms with Crippen LogP contribution in [0.5, 0.6) is 0 Å². The molecular formula is C16H26N2S. The highest BCUT2D eigenvalue weighted by Crippen LogP contribution is 2.26. The van der Waals surface area contributed by atoms with Gasteiger partial charge in [0.15, 0.2) is 0 Å². The number of benzene rings is 1. The van der Waals surface area contributed by atoms with E-state index in [2.05, 4.69) is 61.3 Å². The highest BCUT2D eigenvalue weighted by molar-refractivity contribution is 7.99. The van der Waals surface area contributed by atoms with Gasteiger partial charge in [-0.05, 0) is 25.2 Å². The Kier molecular flexibility index (Phi) is 5.31. The minimum absolute atomic E-state index is 0.0879. The molecule has 1 N–H and O–H groups in total. The lowest BCUT2D eigenvalue weighted by Crippen LogP contribution is -2.60. The molecule has 1 saturated heterocycles. The Morgan fingerprint density at radius 3 is 2.79 bits per heavy atom. The monoisotopic (exact) mass is 278 g/mol. The smallest absolute Gasteiger partial charge is 0.0535 e. The molecule has 19 heavy (non-hydrogen) atoms. The number of nitrogens with zero attached hydrogens (tertiary/aromatic N) is 1. The van der Waals surface area contributed by atoms with E-state index in [9.17, 15) is 0 Å². The fourth-order valence-electron chi connectivity index (χ4n) is 2.74. The van der Waals surface area contributed by atoms with E-state index in [4.69, 9.17) is 0 Å². The number of rotatable bonds is 5. The summed E-state index contributed by atoms with van der Waals surface area (Å²) in [5, 5.41) is 3.73. The molecule has 1 aliphatic rings. The lowest BCUT2D eigenvalue weighted by molar-refractivity contribution is 0.101. The topological polar surface area (TPSA) is 15.3 Å². The largest absolute Gasteiger partial charge is 0.305 e. The van der Waals surface area contributed by atoms with Gasteiger partial charge in [0.25, 0.3) is 0 Å². The van der Waals surface area contributed by atoms with Crippen LogP contribution in [0.1, 0.15) is 26.3 Å².